The van der Waals surface area contributed by atoms with E-state index in [9.17, 15) is 4.79 Å². The zero-order chi connectivity index (χ0) is 24.7. The molecule has 36 heavy (non-hydrogen) atoms. The van der Waals surface area contributed by atoms with Crippen LogP contribution in [0.1, 0.15) is 11.5 Å². The standard InChI is InChI=1S/C28H22N4O4/c1-34-24-15-12-20(13-16-24)27-22(18-32(31-27)23-10-6-3-7-11-23)14-17-26(33)35-19-25-29-30-28(36-25)21-8-4-2-5-9-21/h2-18H,19H2,1H3/b17-14+. The van der Waals surface area contributed by atoms with E-state index >= 15 is 0 Å². The minimum Gasteiger partial charge on any atom is -0.497 e. The SMILES string of the molecule is COc1ccc(-c2nn(-c3ccccc3)cc2/C=C/C(=O)OCc2nnc(-c3ccccc3)o2)cc1. The Hall–Kier alpha value is -4.98. The molecule has 0 amide bonds. The highest BCUT2D eigenvalue weighted by molar-refractivity contribution is 5.88. The number of esters is 1. The normalized spacial score (nSPS) is 11.0. The topological polar surface area (TPSA) is 92.3 Å². The molecule has 0 aliphatic rings. The number of rotatable bonds is 8. The molecule has 0 N–H and O–H groups in total. The maximum atomic E-state index is 12.4. The zero-order valence-corrected chi connectivity index (χ0v) is 19.4. The summed E-state index contributed by atoms with van der Waals surface area (Å²) in [5.74, 6) is 0.794. The van der Waals surface area contributed by atoms with Crippen LogP contribution in [0.15, 0.2) is 102 Å². The molecule has 2 aromatic heterocycles. The highest BCUT2D eigenvalue weighted by atomic mass is 16.5. The summed E-state index contributed by atoms with van der Waals surface area (Å²) in [6, 6.07) is 26.7. The molecule has 0 spiro atoms. The van der Waals surface area contributed by atoms with Crippen LogP contribution in [0.2, 0.25) is 0 Å². The number of carbonyl (C=O) groups is 1. The smallest absolute Gasteiger partial charge is 0.331 e. The second-order valence-electron chi connectivity index (χ2n) is 7.75. The van der Waals surface area contributed by atoms with Crippen molar-refractivity contribution in [1.82, 2.24) is 20.0 Å². The van der Waals surface area contributed by atoms with Crippen molar-refractivity contribution in [3.63, 3.8) is 0 Å². The maximum Gasteiger partial charge on any atom is 0.331 e. The highest BCUT2D eigenvalue weighted by Gasteiger charge is 2.13. The molecule has 5 rings (SSSR count). The fourth-order valence-electron chi connectivity index (χ4n) is 3.54. The Kier molecular flexibility index (Phi) is 6.66. The molecule has 3 aromatic carbocycles. The highest BCUT2D eigenvalue weighted by Crippen LogP contribution is 2.27. The van der Waals surface area contributed by atoms with Gasteiger partial charge in [0.1, 0.15) is 5.75 Å². The van der Waals surface area contributed by atoms with Gasteiger partial charge in [0.05, 0.1) is 18.5 Å². The van der Waals surface area contributed by atoms with Gasteiger partial charge in [-0.3, -0.25) is 0 Å². The van der Waals surface area contributed by atoms with Gasteiger partial charge < -0.3 is 13.9 Å². The average molecular weight is 479 g/mol. The fraction of sp³-hybridized carbons (Fsp3) is 0.0714. The first-order valence-corrected chi connectivity index (χ1v) is 11.2. The van der Waals surface area contributed by atoms with E-state index in [0.717, 1.165) is 33.8 Å². The van der Waals surface area contributed by atoms with Crippen LogP contribution in [-0.4, -0.2) is 33.1 Å². The number of ether oxygens (including phenoxy) is 2. The quantitative estimate of drug-likeness (QED) is 0.219. The number of carbonyl (C=O) groups excluding carboxylic acids is 1. The van der Waals surface area contributed by atoms with Crippen molar-refractivity contribution in [1.29, 1.82) is 0 Å². The van der Waals surface area contributed by atoms with Crippen LogP contribution >= 0.6 is 0 Å². The van der Waals surface area contributed by atoms with Gasteiger partial charge in [-0.2, -0.15) is 5.10 Å². The fourth-order valence-corrected chi connectivity index (χ4v) is 3.54. The Balaban J connectivity index is 1.32. The molecular formula is C28H22N4O4. The molecular weight excluding hydrogens is 456 g/mol. The van der Waals surface area contributed by atoms with Gasteiger partial charge >= 0.3 is 5.97 Å². The summed E-state index contributed by atoms with van der Waals surface area (Å²) in [6.07, 6.45) is 4.90. The Bertz CT molecular complexity index is 1470. The molecule has 8 heteroatoms. The monoisotopic (exact) mass is 478 g/mol. The minimum absolute atomic E-state index is 0.127. The Labute approximate surface area is 207 Å². The molecule has 0 saturated carbocycles. The van der Waals surface area contributed by atoms with Gasteiger partial charge in [0.15, 0.2) is 6.61 Å². The Morgan fingerprint density at radius 3 is 2.36 bits per heavy atom. The molecule has 0 fully saturated rings. The van der Waals surface area contributed by atoms with E-state index in [1.54, 1.807) is 17.9 Å². The van der Waals surface area contributed by atoms with Gasteiger partial charge in [-0.25, -0.2) is 9.48 Å². The lowest BCUT2D eigenvalue weighted by Gasteiger charge is -2.02. The Morgan fingerprint density at radius 2 is 1.64 bits per heavy atom. The minimum atomic E-state index is -0.539. The number of benzene rings is 3. The first kappa shape index (κ1) is 22.8. The van der Waals surface area contributed by atoms with E-state index in [-0.39, 0.29) is 12.5 Å². The largest absolute Gasteiger partial charge is 0.497 e. The number of aromatic nitrogens is 4. The summed E-state index contributed by atoms with van der Waals surface area (Å²) in [6.45, 7) is -0.127. The van der Waals surface area contributed by atoms with E-state index in [1.165, 1.54) is 6.08 Å². The maximum absolute atomic E-state index is 12.4. The summed E-state index contributed by atoms with van der Waals surface area (Å²) in [5.41, 5.74) is 4.06. The van der Waals surface area contributed by atoms with E-state index < -0.39 is 5.97 Å². The van der Waals surface area contributed by atoms with Gasteiger partial charge in [0.25, 0.3) is 5.89 Å². The third kappa shape index (κ3) is 5.23. The van der Waals surface area contributed by atoms with Gasteiger partial charge in [0, 0.05) is 29.0 Å². The first-order chi connectivity index (χ1) is 17.7. The molecule has 0 atom stereocenters. The third-order valence-corrected chi connectivity index (χ3v) is 5.35. The predicted molar refractivity (Wildman–Crippen MR) is 134 cm³/mol. The lowest BCUT2D eigenvalue weighted by molar-refractivity contribution is -0.139. The second-order valence-corrected chi connectivity index (χ2v) is 7.75. The van der Waals surface area contributed by atoms with Crippen LogP contribution in [0.25, 0.3) is 34.5 Å². The summed E-state index contributed by atoms with van der Waals surface area (Å²) in [4.78, 5) is 12.4. The second kappa shape index (κ2) is 10.5. The lowest BCUT2D eigenvalue weighted by atomic mass is 10.1. The van der Waals surface area contributed by atoms with Gasteiger partial charge in [0.2, 0.25) is 5.89 Å². The van der Waals surface area contributed by atoms with Crippen molar-refractivity contribution in [3.8, 4) is 34.1 Å². The van der Waals surface area contributed by atoms with Gasteiger partial charge in [-0.15, -0.1) is 10.2 Å². The van der Waals surface area contributed by atoms with E-state index in [0.29, 0.717) is 5.89 Å². The zero-order valence-electron chi connectivity index (χ0n) is 19.4. The number of para-hydroxylation sites is 1. The summed E-state index contributed by atoms with van der Waals surface area (Å²) < 4.78 is 17.9. The molecule has 0 aliphatic heterocycles. The first-order valence-electron chi connectivity index (χ1n) is 11.2. The number of hydrogen-bond acceptors (Lipinski definition) is 7. The summed E-state index contributed by atoms with van der Waals surface area (Å²) in [7, 11) is 1.62. The summed E-state index contributed by atoms with van der Waals surface area (Å²) in [5, 5.41) is 12.7. The van der Waals surface area contributed by atoms with Crippen molar-refractivity contribution in [2.45, 2.75) is 6.61 Å². The van der Waals surface area contributed by atoms with Crippen LogP contribution in [-0.2, 0) is 16.1 Å². The number of hydrogen-bond donors (Lipinski definition) is 0. The van der Waals surface area contributed by atoms with E-state index in [2.05, 4.69) is 10.2 Å². The molecule has 0 aliphatic carbocycles. The number of nitrogens with zero attached hydrogens (tertiary/aromatic N) is 4. The summed E-state index contributed by atoms with van der Waals surface area (Å²) >= 11 is 0. The molecule has 0 radical (unpaired) electrons. The van der Waals surface area contributed by atoms with Crippen LogP contribution < -0.4 is 4.74 Å². The lowest BCUT2D eigenvalue weighted by Crippen LogP contribution is -2.01. The predicted octanol–water partition coefficient (Wildman–Crippen LogP) is 5.35. The Morgan fingerprint density at radius 1 is 0.917 bits per heavy atom. The molecule has 178 valence electrons. The van der Waals surface area contributed by atoms with Crippen molar-refractivity contribution < 1.29 is 18.7 Å². The molecule has 0 saturated heterocycles. The van der Waals surface area contributed by atoms with Crippen LogP contribution in [0.5, 0.6) is 5.75 Å². The molecule has 8 nitrogen and oxygen atoms in total. The van der Waals surface area contributed by atoms with Gasteiger partial charge in [-0.1, -0.05) is 36.4 Å². The molecule has 5 aromatic rings. The third-order valence-electron chi connectivity index (χ3n) is 5.35. The van der Waals surface area contributed by atoms with Crippen molar-refractivity contribution in [3.05, 3.63) is 109 Å². The van der Waals surface area contributed by atoms with E-state index in [4.69, 9.17) is 19.0 Å². The molecule has 0 bridgehead atoms. The van der Waals surface area contributed by atoms with Crippen LogP contribution in [0.4, 0.5) is 0 Å². The van der Waals surface area contributed by atoms with Gasteiger partial charge in [-0.05, 0) is 54.6 Å². The van der Waals surface area contributed by atoms with Crippen molar-refractivity contribution in [2.75, 3.05) is 7.11 Å². The molecule has 0 unspecified atom stereocenters. The molecule has 2 heterocycles. The van der Waals surface area contributed by atoms with E-state index in [1.807, 2.05) is 91.1 Å². The van der Waals surface area contributed by atoms with Crippen molar-refractivity contribution in [2.24, 2.45) is 0 Å². The average Bonchev–Trinajstić information content (AvgIpc) is 3.59. The van der Waals surface area contributed by atoms with Crippen LogP contribution in [0, 0.1) is 0 Å². The number of methoxy groups -OCH3 is 1. The van der Waals surface area contributed by atoms with Crippen molar-refractivity contribution >= 4 is 12.0 Å². The van der Waals surface area contributed by atoms with Crippen LogP contribution in [0.3, 0.4) is 0 Å².